The van der Waals surface area contributed by atoms with Crippen LogP contribution in [0.4, 0.5) is 0 Å². The van der Waals surface area contributed by atoms with Gasteiger partial charge in [0.05, 0.1) is 6.07 Å². The largest absolute Gasteiger partial charge is 0.327 e. The molecule has 0 radical (unpaired) electrons. The molecule has 1 aliphatic carbocycles. The molecule has 2 fully saturated rings. The van der Waals surface area contributed by atoms with Crippen molar-refractivity contribution in [3.8, 4) is 6.07 Å². The van der Waals surface area contributed by atoms with Gasteiger partial charge in [0.2, 0.25) is 10.0 Å². The second-order valence-corrected chi connectivity index (χ2v) is 6.72. The molecule has 1 saturated heterocycles. The van der Waals surface area contributed by atoms with Gasteiger partial charge in [-0.2, -0.15) is 5.26 Å². The van der Waals surface area contributed by atoms with Gasteiger partial charge in [-0.05, 0) is 24.7 Å². The van der Waals surface area contributed by atoms with E-state index in [4.69, 9.17) is 11.0 Å². The van der Waals surface area contributed by atoms with Crippen molar-refractivity contribution in [1.82, 2.24) is 4.31 Å². The van der Waals surface area contributed by atoms with Crippen LogP contribution in [0.5, 0.6) is 0 Å². The lowest BCUT2D eigenvalue weighted by atomic mass is 9.78. The van der Waals surface area contributed by atoms with E-state index in [2.05, 4.69) is 0 Å². The summed E-state index contributed by atoms with van der Waals surface area (Å²) in [5.74, 6) is 0.279. The lowest BCUT2D eigenvalue weighted by Crippen LogP contribution is -2.38. The standard InChI is InChI=1S/C10H17N3O2S/c11-4-5-16(14,15)13-6-8-2-1-3-10(12)9(8)7-13/h8-10H,1-3,5-7,12H2. The summed E-state index contributed by atoms with van der Waals surface area (Å²) >= 11 is 0. The third-order valence-corrected chi connectivity index (χ3v) is 5.34. The van der Waals surface area contributed by atoms with Crippen molar-refractivity contribution in [2.45, 2.75) is 25.3 Å². The molecule has 16 heavy (non-hydrogen) atoms. The number of nitrogens with zero attached hydrogens (tertiary/aromatic N) is 2. The second kappa shape index (κ2) is 4.32. The molecule has 3 atom stereocenters. The number of hydrogen-bond donors (Lipinski definition) is 1. The first-order valence-electron chi connectivity index (χ1n) is 5.65. The lowest BCUT2D eigenvalue weighted by Gasteiger charge is -2.29. The maximum absolute atomic E-state index is 11.7. The van der Waals surface area contributed by atoms with E-state index in [0.717, 1.165) is 19.3 Å². The molecule has 0 aromatic heterocycles. The van der Waals surface area contributed by atoms with Crippen molar-refractivity contribution in [3.63, 3.8) is 0 Å². The summed E-state index contributed by atoms with van der Waals surface area (Å²) in [6.45, 7) is 1.07. The molecule has 90 valence electrons. The third kappa shape index (κ3) is 2.08. The van der Waals surface area contributed by atoms with Crippen molar-refractivity contribution < 1.29 is 8.42 Å². The van der Waals surface area contributed by atoms with Crippen molar-refractivity contribution in [3.05, 3.63) is 0 Å². The average Bonchev–Trinajstić information content (AvgIpc) is 2.63. The fourth-order valence-corrected chi connectivity index (χ4v) is 4.04. The lowest BCUT2D eigenvalue weighted by molar-refractivity contribution is 0.260. The minimum absolute atomic E-state index is 0.126. The molecule has 2 N–H and O–H groups in total. The van der Waals surface area contributed by atoms with Gasteiger partial charge in [-0.15, -0.1) is 0 Å². The predicted molar refractivity (Wildman–Crippen MR) is 59.8 cm³/mol. The minimum Gasteiger partial charge on any atom is -0.327 e. The molecule has 1 aliphatic heterocycles. The van der Waals surface area contributed by atoms with E-state index in [-0.39, 0.29) is 6.04 Å². The van der Waals surface area contributed by atoms with Crippen LogP contribution in [0.1, 0.15) is 19.3 Å². The molecule has 3 unspecified atom stereocenters. The SMILES string of the molecule is N#CCS(=O)(=O)N1CC2CCCC(N)C2C1. The van der Waals surface area contributed by atoms with Crippen LogP contribution in [0.25, 0.3) is 0 Å². The van der Waals surface area contributed by atoms with Gasteiger partial charge in [0, 0.05) is 19.1 Å². The average molecular weight is 243 g/mol. The molecule has 0 bridgehead atoms. The topological polar surface area (TPSA) is 87.2 Å². The van der Waals surface area contributed by atoms with Crippen LogP contribution >= 0.6 is 0 Å². The molecular formula is C10H17N3O2S. The van der Waals surface area contributed by atoms with Gasteiger partial charge in [0.25, 0.3) is 0 Å². The van der Waals surface area contributed by atoms with Crippen LogP contribution in [-0.2, 0) is 10.0 Å². The summed E-state index contributed by atoms with van der Waals surface area (Å²) in [6.07, 6.45) is 3.15. The Kier molecular flexibility index (Phi) is 3.19. The van der Waals surface area contributed by atoms with Gasteiger partial charge in [-0.1, -0.05) is 6.42 Å². The quantitative estimate of drug-likeness (QED) is 0.733. The van der Waals surface area contributed by atoms with Crippen LogP contribution in [0, 0.1) is 23.2 Å². The van der Waals surface area contributed by atoms with Crippen LogP contribution in [-0.4, -0.2) is 37.6 Å². The maximum atomic E-state index is 11.7. The molecule has 2 aliphatic rings. The van der Waals surface area contributed by atoms with Crippen LogP contribution in [0.15, 0.2) is 0 Å². The van der Waals surface area contributed by atoms with Gasteiger partial charge in [-0.3, -0.25) is 0 Å². The minimum atomic E-state index is -3.38. The van der Waals surface area contributed by atoms with Gasteiger partial charge >= 0.3 is 0 Å². The van der Waals surface area contributed by atoms with E-state index in [9.17, 15) is 8.42 Å². The van der Waals surface area contributed by atoms with Gasteiger partial charge < -0.3 is 5.73 Å². The Morgan fingerprint density at radius 3 is 2.75 bits per heavy atom. The number of rotatable bonds is 2. The molecule has 0 spiro atoms. The highest BCUT2D eigenvalue weighted by molar-refractivity contribution is 7.89. The highest BCUT2D eigenvalue weighted by atomic mass is 32.2. The fraction of sp³-hybridized carbons (Fsp3) is 0.900. The first-order valence-corrected chi connectivity index (χ1v) is 7.26. The zero-order valence-corrected chi connectivity index (χ0v) is 9.99. The second-order valence-electron chi connectivity index (χ2n) is 4.75. The van der Waals surface area contributed by atoms with Gasteiger partial charge in [-0.25, -0.2) is 12.7 Å². The molecule has 1 heterocycles. The smallest absolute Gasteiger partial charge is 0.227 e. The van der Waals surface area contributed by atoms with Crippen LogP contribution < -0.4 is 5.73 Å². The van der Waals surface area contributed by atoms with E-state index in [1.54, 1.807) is 6.07 Å². The first-order chi connectivity index (χ1) is 7.54. The fourth-order valence-electron chi connectivity index (χ4n) is 2.88. The molecule has 0 aromatic carbocycles. The third-order valence-electron chi connectivity index (χ3n) is 3.76. The molecular weight excluding hydrogens is 226 g/mol. The van der Waals surface area contributed by atoms with Crippen molar-refractivity contribution in [2.24, 2.45) is 17.6 Å². The number of nitriles is 1. The Hall–Kier alpha value is -0.640. The van der Waals surface area contributed by atoms with Crippen molar-refractivity contribution in [2.75, 3.05) is 18.8 Å². The van der Waals surface area contributed by atoms with E-state index < -0.39 is 15.8 Å². The number of fused-ring (bicyclic) bond motifs is 1. The van der Waals surface area contributed by atoms with Gasteiger partial charge in [0.1, 0.15) is 0 Å². The Bertz CT molecular complexity index is 401. The van der Waals surface area contributed by atoms with E-state index in [1.165, 1.54) is 4.31 Å². The van der Waals surface area contributed by atoms with E-state index in [0.29, 0.717) is 24.9 Å². The van der Waals surface area contributed by atoms with Crippen LogP contribution in [0.3, 0.4) is 0 Å². The normalized spacial score (nSPS) is 35.6. The van der Waals surface area contributed by atoms with E-state index >= 15 is 0 Å². The van der Waals surface area contributed by atoms with Crippen molar-refractivity contribution in [1.29, 1.82) is 5.26 Å². The molecule has 6 heteroatoms. The summed E-state index contributed by atoms with van der Waals surface area (Å²) in [5, 5.41) is 8.49. The first kappa shape index (κ1) is 11.8. The van der Waals surface area contributed by atoms with Crippen LogP contribution in [0.2, 0.25) is 0 Å². The Labute approximate surface area is 96.3 Å². The maximum Gasteiger partial charge on any atom is 0.227 e. The molecule has 5 nitrogen and oxygen atoms in total. The highest BCUT2D eigenvalue weighted by Gasteiger charge is 2.42. The Morgan fingerprint density at radius 2 is 2.12 bits per heavy atom. The zero-order valence-electron chi connectivity index (χ0n) is 9.17. The van der Waals surface area contributed by atoms with Gasteiger partial charge in [0.15, 0.2) is 5.75 Å². The Morgan fingerprint density at radius 1 is 1.38 bits per heavy atom. The molecule has 0 amide bonds. The summed E-state index contributed by atoms with van der Waals surface area (Å²) < 4.78 is 24.9. The monoisotopic (exact) mass is 243 g/mol. The molecule has 0 aromatic rings. The van der Waals surface area contributed by atoms with Crippen molar-refractivity contribution >= 4 is 10.0 Å². The number of sulfonamides is 1. The zero-order chi connectivity index (χ0) is 11.8. The highest BCUT2D eigenvalue weighted by Crippen LogP contribution is 2.36. The Balaban J connectivity index is 2.10. The predicted octanol–water partition coefficient (Wildman–Crippen LogP) is -0.101. The summed E-state index contributed by atoms with van der Waals surface area (Å²) in [7, 11) is -3.38. The summed E-state index contributed by atoms with van der Waals surface area (Å²) in [4.78, 5) is 0. The summed E-state index contributed by atoms with van der Waals surface area (Å²) in [5.41, 5.74) is 6.01. The molecule has 2 rings (SSSR count). The number of hydrogen-bond acceptors (Lipinski definition) is 4. The molecule has 1 saturated carbocycles. The summed E-state index contributed by atoms with van der Waals surface area (Å²) in [6, 6.07) is 1.84. The number of nitrogens with two attached hydrogens (primary N) is 1. The van der Waals surface area contributed by atoms with E-state index in [1.807, 2.05) is 0 Å².